The number of ether oxygens (including phenoxy) is 2. The summed E-state index contributed by atoms with van der Waals surface area (Å²) in [4.78, 5) is 39.8. The number of piperidine rings is 1. The number of carbonyl (C=O) groups is 2. The maximum absolute atomic E-state index is 12.8. The summed E-state index contributed by atoms with van der Waals surface area (Å²) in [5.41, 5.74) is 6.84. The summed E-state index contributed by atoms with van der Waals surface area (Å²) in [6.07, 6.45) is 4.54. The SMILES string of the molecule is COC[C@@H](C)Oc1nc(C(=O)NC2CCC2)cc(N2CCC(c3cccc(C(N)=O)n3)CC2)n1. The van der Waals surface area contributed by atoms with Crippen molar-refractivity contribution in [1.29, 1.82) is 0 Å². The third-order valence-electron chi connectivity index (χ3n) is 6.33. The van der Waals surface area contributed by atoms with Crippen molar-refractivity contribution in [3.05, 3.63) is 41.3 Å². The second-order valence-electron chi connectivity index (χ2n) is 8.95. The molecule has 2 aliphatic rings. The predicted octanol–water partition coefficient (Wildman–Crippen LogP) is 2.05. The van der Waals surface area contributed by atoms with E-state index in [1.54, 1.807) is 19.2 Å². The van der Waals surface area contributed by atoms with Crippen LogP contribution in [0.1, 0.15) is 71.6 Å². The van der Waals surface area contributed by atoms with Crippen LogP contribution >= 0.6 is 0 Å². The third kappa shape index (κ3) is 5.80. The normalized spacial score (nSPS) is 17.6. The van der Waals surface area contributed by atoms with Gasteiger partial charge in [0, 0.05) is 43.9 Å². The molecule has 10 heteroatoms. The van der Waals surface area contributed by atoms with Gasteiger partial charge in [0.15, 0.2) is 0 Å². The fraction of sp³-hybridized carbons (Fsp3) is 0.542. The van der Waals surface area contributed by atoms with E-state index in [-0.39, 0.29) is 35.7 Å². The molecule has 2 aromatic rings. The van der Waals surface area contributed by atoms with E-state index in [9.17, 15) is 9.59 Å². The summed E-state index contributed by atoms with van der Waals surface area (Å²) in [6, 6.07) is 7.49. The van der Waals surface area contributed by atoms with Crippen molar-refractivity contribution in [2.45, 2.75) is 57.1 Å². The number of rotatable bonds is 9. The highest BCUT2D eigenvalue weighted by Gasteiger charge is 2.26. The standard InChI is InChI=1S/C24H32N6O4/c1-15(14-33-2)34-24-28-20(23(32)26-17-5-3-6-17)13-21(29-24)30-11-9-16(10-12-30)18-7-4-8-19(27-18)22(25)31/h4,7-8,13,15-17H,3,5-6,9-12,14H2,1-2H3,(H2,25,31)(H,26,32)/t15-/m1/s1. The Bertz CT molecular complexity index is 1020. The van der Waals surface area contributed by atoms with Gasteiger partial charge in [0.25, 0.3) is 11.8 Å². The Morgan fingerprint density at radius 3 is 2.56 bits per heavy atom. The molecule has 1 aliphatic carbocycles. The van der Waals surface area contributed by atoms with Gasteiger partial charge in [-0.3, -0.25) is 9.59 Å². The van der Waals surface area contributed by atoms with Crippen LogP contribution in [0.2, 0.25) is 0 Å². The first-order valence-electron chi connectivity index (χ1n) is 11.8. The molecule has 2 aromatic heterocycles. The summed E-state index contributed by atoms with van der Waals surface area (Å²) >= 11 is 0. The number of nitrogens with zero attached hydrogens (tertiary/aromatic N) is 4. The molecule has 0 radical (unpaired) electrons. The minimum atomic E-state index is -0.525. The molecule has 1 saturated heterocycles. The number of primary amides is 1. The first-order valence-corrected chi connectivity index (χ1v) is 11.8. The van der Waals surface area contributed by atoms with E-state index < -0.39 is 5.91 Å². The smallest absolute Gasteiger partial charge is 0.319 e. The fourth-order valence-electron chi connectivity index (χ4n) is 4.22. The molecule has 0 aromatic carbocycles. The number of hydrogen-bond donors (Lipinski definition) is 2. The summed E-state index contributed by atoms with van der Waals surface area (Å²) in [5, 5.41) is 3.04. The van der Waals surface area contributed by atoms with Gasteiger partial charge < -0.3 is 25.4 Å². The Labute approximate surface area is 199 Å². The molecule has 1 aliphatic heterocycles. The van der Waals surface area contributed by atoms with Gasteiger partial charge in [-0.05, 0) is 51.2 Å². The average Bonchev–Trinajstić information content (AvgIpc) is 2.81. The number of nitrogens with two attached hydrogens (primary N) is 1. The number of methoxy groups -OCH3 is 1. The first kappa shape index (κ1) is 23.9. The Hall–Kier alpha value is -3.27. The molecule has 0 bridgehead atoms. The number of carbonyl (C=O) groups excluding carboxylic acids is 2. The van der Waals surface area contributed by atoms with E-state index >= 15 is 0 Å². The van der Waals surface area contributed by atoms with Crippen molar-refractivity contribution in [2.75, 3.05) is 31.7 Å². The second kappa shape index (κ2) is 10.8. The van der Waals surface area contributed by atoms with Gasteiger partial charge in [0.2, 0.25) is 0 Å². The molecule has 2 fully saturated rings. The van der Waals surface area contributed by atoms with Crippen LogP contribution < -0.4 is 20.7 Å². The Balaban J connectivity index is 1.49. The van der Waals surface area contributed by atoms with E-state index in [1.165, 1.54) is 0 Å². The zero-order valence-electron chi connectivity index (χ0n) is 19.7. The molecular weight excluding hydrogens is 436 g/mol. The van der Waals surface area contributed by atoms with Gasteiger partial charge >= 0.3 is 6.01 Å². The zero-order valence-corrected chi connectivity index (χ0v) is 19.7. The molecule has 34 heavy (non-hydrogen) atoms. The summed E-state index contributed by atoms with van der Waals surface area (Å²) in [5.74, 6) is 0.144. The minimum Gasteiger partial charge on any atom is -0.458 e. The lowest BCUT2D eigenvalue weighted by Crippen LogP contribution is -2.40. The van der Waals surface area contributed by atoms with Crippen LogP contribution in [0.3, 0.4) is 0 Å². The van der Waals surface area contributed by atoms with Crippen LogP contribution in [-0.2, 0) is 4.74 Å². The highest BCUT2D eigenvalue weighted by molar-refractivity contribution is 5.93. The molecule has 3 heterocycles. The topological polar surface area (TPSA) is 133 Å². The monoisotopic (exact) mass is 468 g/mol. The van der Waals surface area contributed by atoms with E-state index in [0.29, 0.717) is 18.1 Å². The van der Waals surface area contributed by atoms with Crippen LogP contribution in [0.15, 0.2) is 24.3 Å². The maximum atomic E-state index is 12.8. The van der Waals surface area contributed by atoms with E-state index in [4.69, 9.17) is 15.2 Å². The second-order valence-corrected chi connectivity index (χ2v) is 8.95. The lowest BCUT2D eigenvalue weighted by molar-refractivity contribution is 0.0837. The zero-order chi connectivity index (χ0) is 24.1. The van der Waals surface area contributed by atoms with Crippen molar-refractivity contribution in [3.8, 4) is 6.01 Å². The van der Waals surface area contributed by atoms with Crippen LogP contribution in [0.25, 0.3) is 0 Å². The van der Waals surface area contributed by atoms with Gasteiger partial charge in [-0.25, -0.2) is 4.98 Å². The van der Waals surface area contributed by atoms with Gasteiger partial charge in [0.05, 0.1) is 6.61 Å². The summed E-state index contributed by atoms with van der Waals surface area (Å²) < 4.78 is 11.0. The molecule has 4 rings (SSSR count). The van der Waals surface area contributed by atoms with Crippen LogP contribution in [0.5, 0.6) is 6.01 Å². The molecule has 182 valence electrons. The molecular formula is C24H32N6O4. The molecule has 1 saturated carbocycles. The molecule has 1 atom stereocenters. The molecule has 2 amide bonds. The van der Waals surface area contributed by atoms with Gasteiger partial charge in [-0.15, -0.1) is 0 Å². The quantitative estimate of drug-likeness (QED) is 0.571. The highest BCUT2D eigenvalue weighted by atomic mass is 16.5. The third-order valence-corrected chi connectivity index (χ3v) is 6.33. The minimum absolute atomic E-state index is 0.166. The number of amides is 2. The summed E-state index contributed by atoms with van der Waals surface area (Å²) in [6.45, 7) is 3.70. The fourth-order valence-corrected chi connectivity index (χ4v) is 4.22. The lowest BCUT2D eigenvalue weighted by Gasteiger charge is -2.33. The number of pyridine rings is 1. The molecule has 10 nitrogen and oxygen atoms in total. The number of aromatic nitrogens is 3. The highest BCUT2D eigenvalue weighted by Crippen LogP contribution is 2.30. The summed E-state index contributed by atoms with van der Waals surface area (Å²) in [7, 11) is 1.60. The van der Waals surface area contributed by atoms with Crippen LogP contribution in [0, 0.1) is 0 Å². The molecule has 3 N–H and O–H groups in total. The van der Waals surface area contributed by atoms with E-state index in [2.05, 4.69) is 25.2 Å². The first-order chi connectivity index (χ1) is 16.4. The van der Waals surface area contributed by atoms with E-state index in [0.717, 1.165) is 50.9 Å². The largest absolute Gasteiger partial charge is 0.458 e. The van der Waals surface area contributed by atoms with Crippen molar-refractivity contribution < 1.29 is 19.1 Å². The van der Waals surface area contributed by atoms with Crippen LogP contribution in [-0.4, -0.2) is 65.7 Å². The van der Waals surface area contributed by atoms with Crippen molar-refractivity contribution in [1.82, 2.24) is 20.3 Å². The van der Waals surface area contributed by atoms with Crippen LogP contribution in [0.4, 0.5) is 5.82 Å². The number of hydrogen-bond acceptors (Lipinski definition) is 8. The van der Waals surface area contributed by atoms with Crippen molar-refractivity contribution >= 4 is 17.6 Å². The van der Waals surface area contributed by atoms with E-state index in [1.807, 2.05) is 19.1 Å². The van der Waals surface area contributed by atoms with Gasteiger partial charge in [-0.2, -0.15) is 9.97 Å². The van der Waals surface area contributed by atoms with Crippen molar-refractivity contribution in [3.63, 3.8) is 0 Å². The average molecular weight is 469 g/mol. The van der Waals surface area contributed by atoms with Gasteiger partial charge in [0.1, 0.15) is 23.3 Å². The molecule has 0 unspecified atom stereocenters. The molecule has 0 spiro atoms. The Morgan fingerprint density at radius 2 is 1.91 bits per heavy atom. The maximum Gasteiger partial charge on any atom is 0.319 e. The van der Waals surface area contributed by atoms with Gasteiger partial charge in [-0.1, -0.05) is 6.07 Å². The Kier molecular flexibility index (Phi) is 7.56. The number of nitrogens with one attached hydrogen (secondary N) is 1. The lowest BCUT2D eigenvalue weighted by atomic mass is 9.92. The van der Waals surface area contributed by atoms with Crippen molar-refractivity contribution in [2.24, 2.45) is 5.73 Å². The Morgan fingerprint density at radius 1 is 1.15 bits per heavy atom. The number of anilines is 1. The predicted molar refractivity (Wildman–Crippen MR) is 126 cm³/mol.